The number of rotatable bonds is 3. The summed E-state index contributed by atoms with van der Waals surface area (Å²) in [4.78, 5) is 10.0. The van der Waals surface area contributed by atoms with Gasteiger partial charge >= 0.3 is 0 Å². The minimum atomic E-state index is -0.453. The molecule has 0 heterocycles. The normalized spacial score (nSPS) is 12.2. The van der Waals surface area contributed by atoms with Gasteiger partial charge in [-0.05, 0) is 13.0 Å². The number of nitrogens with zero attached hydrogens (tertiary/aromatic N) is 1. The first-order valence-corrected chi connectivity index (χ1v) is 4.14. The summed E-state index contributed by atoms with van der Waals surface area (Å²) >= 11 is 0. The lowest BCUT2D eigenvalue weighted by molar-refractivity contribution is -0.385. The number of methoxy groups -OCH3 is 1. The Hall–Kier alpha value is -1.62. The SMILES string of the molecule is COc1ccc([N+](=O)[O-])cc1[C@@H](C)N. The van der Waals surface area contributed by atoms with E-state index in [9.17, 15) is 10.1 Å². The summed E-state index contributed by atoms with van der Waals surface area (Å²) in [5, 5.41) is 10.5. The quantitative estimate of drug-likeness (QED) is 0.588. The highest BCUT2D eigenvalue weighted by molar-refractivity contribution is 5.45. The lowest BCUT2D eigenvalue weighted by Crippen LogP contribution is -2.07. The van der Waals surface area contributed by atoms with Crippen molar-refractivity contribution in [2.24, 2.45) is 5.73 Å². The lowest BCUT2D eigenvalue weighted by Gasteiger charge is -2.10. The van der Waals surface area contributed by atoms with Gasteiger partial charge in [0.2, 0.25) is 0 Å². The van der Waals surface area contributed by atoms with Gasteiger partial charge in [-0.15, -0.1) is 0 Å². The highest BCUT2D eigenvalue weighted by Crippen LogP contribution is 2.27. The summed E-state index contributed by atoms with van der Waals surface area (Å²) in [6.07, 6.45) is 0. The molecule has 0 radical (unpaired) electrons. The van der Waals surface area contributed by atoms with Crippen LogP contribution in [0.3, 0.4) is 0 Å². The first-order chi connectivity index (χ1) is 6.56. The maximum absolute atomic E-state index is 10.5. The molecule has 1 rings (SSSR count). The smallest absolute Gasteiger partial charge is 0.270 e. The number of nitrogens with two attached hydrogens (primary N) is 1. The fourth-order valence-corrected chi connectivity index (χ4v) is 1.19. The van der Waals surface area contributed by atoms with Crippen molar-refractivity contribution in [3.8, 4) is 5.75 Å². The topological polar surface area (TPSA) is 78.4 Å². The number of ether oxygens (including phenoxy) is 1. The van der Waals surface area contributed by atoms with E-state index in [1.54, 1.807) is 13.0 Å². The van der Waals surface area contributed by atoms with Crippen molar-refractivity contribution in [3.63, 3.8) is 0 Å². The molecule has 0 unspecified atom stereocenters. The zero-order valence-corrected chi connectivity index (χ0v) is 8.06. The van der Waals surface area contributed by atoms with Crippen molar-refractivity contribution in [2.75, 3.05) is 7.11 Å². The summed E-state index contributed by atoms with van der Waals surface area (Å²) in [5.41, 5.74) is 6.32. The monoisotopic (exact) mass is 196 g/mol. The highest BCUT2D eigenvalue weighted by Gasteiger charge is 2.13. The third-order valence-corrected chi connectivity index (χ3v) is 1.91. The van der Waals surface area contributed by atoms with Gasteiger partial charge in [0.25, 0.3) is 5.69 Å². The van der Waals surface area contributed by atoms with Gasteiger partial charge in [0.1, 0.15) is 5.75 Å². The predicted octanol–water partition coefficient (Wildman–Crippen LogP) is 1.62. The van der Waals surface area contributed by atoms with Gasteiger partial charge in [0, 0.05) is 23.7 Å². The molecular weight excluding hydrogens is 184 g/mol. The van der Waals surface area contributed by atoms with E-state index in [0.717, 1.165) is 0 Å². The van der Waals surface area contributed by atoms with Crippen LogP contribution >= 0.6 is 0 Å². The number of hydrogen-bond acceptors (Lipinski definition) is 4. The van der Waals surface area contributed by atoms with Crippen molar-refractivity contribution in [1.82, 2.24) is 0 Å². The second kappa shape index (κ2) is 4.06. The molecule has 1 atom stereocenters. The fourth-order valence-electron chi connectivity index (χ4n) is 1.19. The maximum atomic E-state index is 10.5. The molecule has 0 spiro atoms. The van der Waals surface area contributed by atoms with Crippen molar-refractivity contribution >= 4 is 5.69 Å². The highest BCUT2D eigenvalue weighted by atomic mass is 16.6. The summed E-state index contributed by atoms with van der Waals surface area (Å²) in [5.74, 6) is 0.575. The summed E-state index contributed by atoms with van der Waals surface area (Å²) < 4.78 is 5.04. The Morgan fingerprint density at radius 3 is 2.64 bits per heavy atom. The minimum Gasteiger partial charge on any atom is -0.496 e. The molecule has 0 aliphatic heterocycles. The van der Waals surface area contributed by atoms with Gasteiger partial charge in [-0.25, -0.2) is 0 Å². The standard InChI is InChI=1S/C9H12N2O3/c1-6(10)8-5-7(11(12)13)3-4-9(8)14-2/h3-6H,10H2,1-2H3/t6-/m1/s1. The molecular formula is C9H12N2O3. The van der Waals surface area contributed by atoms with Crippen LogP contribution in [-0.4, -0.2) is 12.0 Å². The van der Waals surface area contributed by atoms with Crippen LogP contribution in [0, 0.1) is 10.1 Å². The summed E-state index contributed by atoms with van der Waals surface area (Å²) in [6.45, 7) is 1.75. The van der Waals surface area contributed by atoms with Crippen molar-refractivity contribution < 1.29 is 9.66 Å². The van der Waals surface area contributed by atoms with Crippen LogP contribution < -0.4 is 10.5 Å². The summed E-state index contributed by atoms with van der Waals surface area (Å²) in [7, 11) is 1.51. The van der Waals surface area contributed by atoms with E-state index in [4.69, 9.17) is 10.5 Å². The number of nitro groups is 1. The van der Waals surface area contributed by atoms with Crippen LogP contribution in [0.5, 0.6) is 5.75 Å². The van der Waals surface area contributed by atoms with Crippen LogP contribution in [0.15, 0.2) is 18.2 Å². The Morgan fingerprint density at radius 2 is 2.21 bits per heavy atom. The Labute approximate surface area is 81.6 Å². The molecule has 1 aromatic carbocycles. The van der Waals surface area contributed by atoms with Crippen LogP contribution in [0.4, 0.5) is 5.69 Å². The van der Waals surface area contributed by atoms with E-state index < -0.39 is 4.92 Å². The molecule has 14 heavy (non-hydrogen) atoms. The van der Waals surface area contributed by atoms with Crippen LogP contribution in [-0.2, 0) is 0 Å². The Morgan fingerprint density at radius 1 is 1.57 bits per heavy atom. The summed E-state index contributed by atoms with van der Waals surface area (Å²) in [6, 6.07) is 4.09. The van der Waals surface area contributed by atoms with E-state index in [2.05, 4.69) is 0 Å². The van der Waals surface area contributed by atoms with E-state index in [1.165, 1.54) is 19.2 Å². The van der Waals surface area contributed by atoms with Gasteiger partial charge in [0.15, 0.2) is 0 Å². The molecule has 0 saturated carbocycles. The molecule has 0 aliphatic carbocycles. The van der Waals surface area contributed by atoms with Gasteiger partial charge in [-0.2, -0.15) is 0 Å². The minimum absolute atomic E-state index is 0.0260. The zero-order chi connectivity index (χ0) is 10.7. The molecule has 0 aromatic heterocycles. The van der Waals surface area contributed by atoms with Crippen molar-refractivity contribution in [3.05, 3.63) is 33.9 Å². The second-order valence-electron chi connectivity index (χ2n) is 2.97. The molecule has 0 bridgehead atoms. The molecule has 2 N–H and O–H groups in total. The zero-order valence-electron chi connectivity index (χ0n) is 8.06. The Balaban J connectivity index is 3.20. The van der Waals surface area contributed by atoms with Gasteiger partial charge in [-0.3, -0.25) is 10.1 Å². The predicted molar refractivity (Wildman–Crippen MR) is 52.3 cm³/mol. The molecule has 76 valence electrons. The van der Waals surface area contributed by atoms with Crippen LogP contribution in [0.25, 0.3) is 0 Å². The van der Waals surface area contributed by atoms with E-state index in [-0.39, 0.29) is 11.7 Å². The number of non-ortho nitro benzene ring substituents is 1. The van der Waals surface area contributed by atoms with Crippen molar-refractivity contribution in [1.29, 1.82) is 0 Å². The van der Waals surface area contributed by atoms with Gasteiger partial charge in [-0.1, -0.05) is 0 Å². The van der Waals surface area contributed by atoms with E-state index in [0.29, 0.717) is 11.3 Å². The van der Waals surface area contributed by atoms with E-state index in [1.807, 2.05) is 0 Å². The first-order valence-electron chi connectivity index (χ1n) is 4.14. The molecule has 5 heteroatoms. The van der Waals surface area contributed by atoms with Crippen molar-refractivity contribution in [2.45, 2.75) is 13.0 Å². The second-order valence-corrected chi connectivity index (χ2v) is 2.97. The number of hydrogen-bond donors (Lipinski definition) is 1. The molecule has 0 fully saturated rings. The van der Waals surface area contributed by atoms with Crippen LogP contribution in [0.2, 0.25) is 0 Å². The third-order valence-electron chi connectivity index (χ3n) is 1.91. The first kappa shape index (κ1) is 10.5. The average Bonchev–Trinajstić information content (AvgIpc) is 2.16. The number of nitro benzene ring substituents is 1. The maximum Gasteiger partial charge on any atom is 0.270 e. The Bertz CT molecular complexity index is 350. The fraction of sp³-hybridized carbons (Fsp3) is 0.333. The molecule has 5 nitrogen and oxygen atoms in total. The lowest BCUT2D eigenvalue weighted by atomic mass is 10.1. The molecule has 1 aromatic rings. The number of benzene rings is 1. The molecule has 0 amide bonds. The van der Waals surface area contributed by atoms with Gasteiger partial charge < -0.3 is 10.5 Å². The third kappa shape index (κ3) is 2.00. The average molecular weight is 196 g/mol. The van der Waals surface area contributed by atoms with Gasteiger partial charge in [0.05, 0.1) is 12.0 Å². The van der Waals surface area contributed by atoms with E-state index >= 15 is 0 Å². The van der Waals surface area contributed by atoms with Crippen LogP contribution in [0.1, 0.15) is 18.5 Å². The Kier molecular flexibility index (Phi) is 3.03. The molecule has 0 saturated heterocycles. The largest absolute Gasteiger partial charge is 0.496 e. The molecule has 0 aliphatic rings.